The molecular weight excluding hydrogens is 176 g/mol. The molecule has 0 atom stereocenters. The lowest BCUT2D eigenvalue weighted by Crippen LogP contribution is -2.15. The number of fused-ring (bicyclic) bond motifs is 1. The monoisotopic (exact) mass is 180 g/mol. The van der Waals surface area contributed by atoms with E-state index >= 15 is 0 Å². The quantitative estimate of drug-likeness (QED) is 0.636. The SMILES string of the molecule is O=c1[nH]c(=O)c2cccnc2s1. The van der Waals surface area contributed by atoms with Gasteiger partial charge in [-0.25, -0.2) is 4.98 Å². The molecule has 0 aromatic carbocycles. The fourth-order valence-electron chi connectivity index (χ4n) is 0.918. The number of pyridine rings is 1. The van der Waals surface area contributed by atoms with Gasteiger partial charge in [0.1, 0.15) is 4.83 Å². The molecule has 2 heterocycles. The zero-order valence-corrected chi connectivity index (χ0v) is 6.72. The van der Waals surface area contributed by atoms with E-state index in [1.54, 1.807) is 18.3 Å². The van der Waals surface area contributed by atoms with Crippen molar-refractivity contribution in [3.63, 3.8) is 0 Å². The van der Waals surface area contributed by atoms with Crippen LogP contribution in [0.4, 0.5) is 0 Å². The molecule has 0 unspecified atom stereocenters. The topological polar surface area (TPSA) is 62.8 Å². The summed E-state index contributed by atoms with van der Waals surface area (Å²) in [7, 11) is 0. The molecule has 2 aromatic rings. The maximum atomic E-state index is 11.1. The van der Waals surface area contributed by atoms with Crippen LogP contribution < -0.4 is 10.4 Å². The minimum atomic E-state index is -0.373. The van der Waals surface area contributed by atoms with Crippen molar-refractivity contribution >= 4 is 21.6 Å². The lowest BCUT2D eigenvalue weighted by molar-refractivity contribution is 1.24. The highest BCUT2D eigenvalue weighted by molar-refractivity contribution is 7.15. The average Bonchev–Trinajstić information content (AvgIpc) is 2.04. The summed E-state index contributed by atoms with van der Waals surface area (Å²) < 4.78 is 0. The summed E-state index contributed by atoms with van der Waals surface area (Å²) in [6.45, 7) is 0. The highest BCUT2D eigenvalue weighted by Gasteiger charge is 1.99. The first-order chi connectivity index (χ1) is 5.77. The molecule has 0 bridgehead atoms. The van der Waals surface area contributed by atoms with Gasteiger partial charge in [0.25, 0.3) is 5.56 Å². The van der Waals surface area contributed by atoms with Gasteiger partial charge in [0.15, 0.2) is 0 Å². The molecule has 0 spiro atoms. The van der Waals surface area contributed by atoms with Crippen LogP contribution in [0.15, 0.2) is 27.9 Å². The van der Waals surface area contributed by atoms with Crippen LogP contribution in [0.3, 0.4) is 0 Å². The summed E-state index contributed by atoms with van der Waals surface area (Å²) >= 11 is 0.934. The Balaban J connectivity index is 3.09. The third-order valence-corrected chi connectivity index (χ3v) is 2.23. The normalized spacial score (nSPS) is 10.3. The van der Waals surface area contributed by atoms with Gasteiger partial charge in [-0.3, -0.25) is 14.6 Å². The number of nitrogens with zero attached hydrogens (tertiary/aromatic N) is 1. The summed E-state index contributed by atoms with van der Waals surface area (Å²) in [4.78, 5) is 28.1. The minimum absolute atomic E-state index is 0.369. The van der Waals surface area contributed by atoms with E-state index in [0.29, 0.717) is 10.2 Å². The van der Waals surface area contributed by atoms with Gasteiger partial charge in [0.05, 0.1) is 5.39 Å². The lowest BCUT2D eigenvalue weighted by Gasteiger charge is -1.89. The predicted molar refractivity (Wildman–Crippen MR) is 46.5 cm³/mol. The first kappa shape index (κ1) is 7.17. The molecule has 0 aliphatic heterocycles. The standard InChI is InChI=1S/C7H4N2O2S/c10-5-4-2-1-3-8-6(4)12-7(11)9-5/h1-3H,(H,9,10,11). The summed E-state index contributed by atoms with van der Waals surface area (Å²) in [5.41, 5.74) is -0.373. The van der Waals surface area contributed by atoms with Crippen LogP contribution in [-0.2, 0) is 0 Å². The van der Waals surface area contributed by atoms with E-state index in [0.717, 1.165) is 11.3 Å². The highest BCUT2D eigenvalue weighted by atomic mass is 32.1. The third-order valence-electron chi connectivity index (χ3n) is 1.42. The van der Waals surface area contributed by atoms with Crippen LogP contribution in [-0.4, -0.2) is 9.97 Å². The summed E-state index contributed by atoms with van der Waals surface area (Å²) in [5, 5.41) is 0.460. The zero-order valence-electron chi connectivity index (χ0n) is 5.90. The van der Waals surface area contributed by atoms with Crippen LogP contribution in [0.5, 0.6) is 0 Å². The van der Waals surface area contributed by atoms with Crippen molar-refractivity contribution in [1.29, 1.82) is 0 Å². The third kappa shape index (κ3) is 1.04. The van der Waals surface area contributed by atoms with Crippen molar-refractivity contribution in [3.8, 4) is 0 Å². The minimum Gasteiger partial charge on any atom is -0.280 e. The molecule has 2 aromatic heterocycles. The molecule has 0 aliphatic carbocycles. The van der Waals surface area contributed by atoms with Crippen molar-refractivity contribution in [2.75, 3.05) is 0 Å². The van der Waals surface area contributed by atoms with E-state index in [4.69, 9.17) is 0 Å². The van der Waals surface area contributed by atoms with E-state index in [1.165, 1.54) is 0 Å². The van der Waals surface area contributed by atoms with Crippen LogP contribution in [0, 0.1) is 0 Å². The fraction of sp³-hybridized carbons (Fsp3) is 0. The van der Waals surface area contributed by atoms with Crippen molar-refractivity contribution in [1.82, 2.24) is 9.97 Å². The molecule has 4 nitrogen and oxygen atoms in total. The molecule has 0 aliphatic rings. The van der Waals surface area contributed by atoms with Crippen molar-refractivity contribution in [2.24, 2.45) is 0 Å². The van der Waals surface area contributed by atoms with E-state index in [2.05, 4.69) is 9.97 Å². The Bertz CT molecular complexity index is 528. The molecule has 0 saturated carbocycles. The molecule has 5 heteroatoms. The molecule has 0 radical (unpaired) electrons. The molecule has 60 valence electrons. The molecule has 2 rings (SSSR count). The number of hydrogen-bond acceptors (Lipinski definition) is 4. The van der Waals surface area contributed by atoms with Gasteiger partial charge in [-0.1, -0.05) is 11.3 Å². The molecule has 12 heavy (non-hydrogen) atoms. The number of rotatable bonds is 0. The van der Waals surface area contributed by atoms with Crippen LogP contribution >= 0.6 is 11.3 Å². The molecule has 1 N–H and O–H groups in total. The number of nitrogens with one attached hydrogen (secondary N) is 1. The van der Waals surface area contributed by atoms with Gasteiger partial charge in [-0.2, -0.15) is 0 Å². The van der Waals surface area contributed by atoms with Gasteiger partial charge < -0.3 is 0 Å². The number of aromatic amines is 1. The van der Waals surface area contributed by atoms with Gasteiger partial charge in [-0.15, -0.1) is 0 Å². The second-order valence-electron chi connectivity index (χ2n) is 2.20. The first-order valence-corrected chi connectivity index (χ1v) is 4.07. The number of H-pyrrole nitrogens is 1. The zero-order chi connectivity index (χ0) is 8.55. The Morgan fingerprint density at radius 2 is 2.25 bits per heavy atom. The first-order valence-electron chi connectivity index (χ1n) is 3.25. The van der Waals surface area contributed by atoms with E-state index in [1.807, 2.05) is 0 Å². The summed E-state index contributed by atoms with van der Waals surface area (Å²) in [6, 6.07) is 3.30. The second kappa shape index (κ2) is 2.53. The van der Waals surface area contributed by atoms with Crippen molar-refractivity contribution in [2.45, 2.75) is 0 Å². The molecule has 0 fully saturated rings. The van der Waals surface area contributed by atoms with Crippen molar-refractivity contribution in [3.05, 3.63) is 38.4 Å². The second-order valence-corrected chi connectivity index (χ2v) is 3.16. The fourth-order valence-corrected chi connectivity index (χ4v) is 1.62. The van der Waals surface area contributed by atoms with E-state index in [-0.39, 0.29) is 10.4 Å². The van der Waals surface area contributed by atoms with E-state index in [9.17, 15) is 9.59 Å². The van der Waals surface area contributed by atoms with Gasteiger partial charge >= 0.3 is 4.87 Å². The maximum Gasteiger partial charge on any atom is 0.309 e. The Morgan fingerprint density at radius 3 is 3.08 bits per heavy atom. The van der Waals surface area contributed by atoms with Crippen LogP contribution in [0.1, 0.15) is 0 Å². The summed E-state index contributed by atoms with van der Waals surface area (Å²) in [5.74, 6) is 0. The molecule has 0 amide bonds. The smallest absolute Gasteiger partial charge is 0.280 e. The van der Waals surface area contributed by atoms with Crippen molar-refractivity contribution < 1.29 is 0 Å². The Morgan fingerprint density at radius 1 is 1.42 bits per heavy atom. The van der Waals surface area contributed by atoms with Gasteiger partial charge in [0.2, 0.25) is 0 Å². The van der Waals surface area contributed by atoms with E-state index < -0.39 is 0 Å². The Kier molecular flexibility index (Phi) is 1.51. The average molecular weight is 180 g/mol. The van der Waals surface area contributed by atoms with Gasteiger partial charge in [0, 0.05) is 6.20 Å². The Hall–Kier alpha value is -1.49. The Labute approximate surface area is 70.5 Å². The predicted octanol–water partition coefficient (Wildman–Crippen LogP) is 0.345. The largest absolute Gasteiger partial charge is 0.309 e. The molecular formula is C7H4N2O2S. The van der Waals surface area contributed by atoms with Crippen LogP contribution in [0.2, 0.25) is 0 Å². The summed E-state index contributed by atoms with van der Waals surface area (Å²) in [6.07, 6.45) is 1.55. The number of aromatic nitrogens is 2. The van der Waals surface area contributed by atoms with Gasteiger partial charge in [-0.05, 0) is 12.1 Å². The number of hydrogen-bond donors (Lipinski definition) is 1. The highest BCUT2D eigenvalue weighted by Crippen LogP contribution is 2.05. The molecule has 0 saturated heterocycles. The lowest BCUT2D eigenvalue weighted by atomic mass is 10.4. The van der Waals surface area contributed by atoms with Crippen LogP contribution in [0.25, 0.3) is 10.2 Å². The maximum absolute atomic E-state index is 11.1.